The van der Waals surface area contributed by atoms with Crippen LogP contribution in [0.4, 0.5) is 0 Å². The molecule has 0 saturated carbocycles. The van der Waals surface area contributed by atoms with Crippen LogP contribution >= 0.6 is 0 Å². The van der Waals surface area contributed by atoms with Gasteiger partial charge >= 0.3 is 5.97 Å². The third kappa shape index (κ3) is 3.10. The first-order valence-electron chi connectivity index (χ1n) is 6.58. The molecule has 2 N–H and O–H groups in total. The van der Waals surface area contributed by atoms with Gasteiger partial charge in [0.15, 0.2) is 6.04 Å². The van der Waals surface area contributed by atoms with Gasteiger partial charge in [-0.15, -0.1) is 0 Å². The van der Waals surface area contributed by atoms with Crippen LogP contribution in [-0.2, 0) is 11.2 Å². The van der Waals surface area contributed by atoms with E-state index in [0.29, 0.717) is 29.0 Å². The third-order valence-electron chi connectivity index (χ3n) is 3.15. The number of nitrogens with one attached hydrogen (secondary N) is 1. The van der Waals surface area contributed by atoms with Crippen LogP contribution < -0.4 is 5.32 Å². The summed E-state index contributed by atoms with van der Waals surface area (Å²) in [6.45, 7) is 3.47. The third-order valence-corrected chi connectivity index (χ3v) is 3.15. The fraction of sp³-hybridized carbons (Fsp3) is 0.267. The SMILES string of the molecule is CCc1noc(C)c1C(=O)N[C@H](C(=O)O)c1ccccc1. The van der Waals surface area contributed by atoms with Gasteiger partial charge < -0.3 is 14.9 Å². The predicted molar refractivity (Wildman–Crippen MR) is 74.9 cm³/mol. The van der Waals surface area contributed by atoms with E-state index in [9.17, 15) is 14.7 Å². The van der Waals surface area contributed by atoms with Gasteiger partial charge in [-0.25, -0.2) is 4.79 Å². The molecule has 1 atom stereocenters. The summed E-state index contributed by atoms with van der Waals surface area (Å²) in [6, 6.07) is 7.42. The Bertz CT molecular complexity index is 649. The van der Waals surface area contributed by atoms with Gasteiger partial charge in [0, 0.05) is 0 Å². The van der Waals surface area contributed by atoms with E-state index in [1.807, 2.05) is 6.92 Å². The lowest BCUT2D eigenvalue weighted by molar-refractivity contribution is -0.139. The number of aryl methyl sites for hydroxylation is 2. The van der Waals surface area contributed by atoms with Crippen molar-refractivity contribution >= 4 is 11.9 Å². The highest BCUT2D eigenvalue weighted by atomic mass is 16.5. The second-order valence-corrected chi connectivity index (χ2v) is 4.57. The number of rotatable bonds is 5. The normalized spacial score (nSPS) is 11.9. The van der Waals surface area contributed by atoms with Crippen molar-refractivity contribution < 1.29 is 19.2 Å². The van der Waals surface area contributed by atoms with Crippen molar-refractivity contribution in [2.75, 3.05) is 0 Å². The Balaban J connectivity index is 2.27. The molecule has 0 fully saturated rings. The summed E-state index contributed by atoms with van der Waals surface area (Å²) in [4.78, 5) is 23.7. The van der Waals surface area contributed by atoms with Crippen molar-refractivity contribution in [2.45, 2.75) is 26.3 Å². The number of nitrogens with zero attached hydrogens (tertiary/aromatic N) is 1. The first-order valence-corrected chi connectivity index (χ1v) is 6.58. The average Bonchev–Trinajstić information content (AvgIpc) is 2.86. The van der Waals surface area contributed by atoms with Gasteiger partial charge in [0.05, 0.1) is 5.69 Å². The Morgan fingerprint density at radius 1 is 1.33 bits per heavy atom. The largest absolute Gasteiger partial charge is 0.479 e. The molecule has 2 aromatic rings. The second kappa shape index (κ2) is 6.21. The highest BCUT2D eigenvalue weighted by Crippen LogP contribution is 2.17. The van der Waals surface area contributed by atoms with Crippen molar-refractivity contribution in [3.63, 3.8) is 0 Å². The lowest BCUT2D eigenvalue weighted by Gasteiger charge is -2.14. The van der Waals surface area contributed by atoms with E-state index in [2.05, 4.69) is 10.5 Å². The molecule has 0 aliphatic carbocycles. The maximum absolute atomic E-state index is 12.3. The number of hydrogen-bond acceptors (Lipinski definition) is 4. The number of amides is 1. The number of aliphatic carboxylic acids is 1. The fourth-order valence-corrected chi connectivity index (χ4v) is 2.09. The first kappa shape index (κ1) is 14.8. The summed E-state index contributed by atoms with van der Waals surface area (Å²) in [5.41, 5.74) is 1.33. The molecular weight excluding hydrogens is 272 g/mol. The Kier molecular flexibility index (Phi) is 4.37. The van der Waals surface area contributed by atoms with Gasteiger partial charge in [0.2, 0.25) is 0 Å². The molecule has 1 heterocycles. The summed E-state index contributed by atoms with van der Waals surface area (Å²) in [5, 5.41) is 15.6. The van der Waals surface area contributed by atoms with Crippen LogP contribution in [0.5, 0.6) is 0 Å². The van der Waals surface area contributed by atoms with Crippen LogP contribution in [0.15, 0.2) is 34.9 Å². The van der Waals surface area contributed by atoms with Crippen LogP contribution in [0.1, 0.15) is 40.3 Å². The lowest BCUT2D eigenvalue weighted by atomic mass is 10.1. The standard InChI is InChI=1S/C15H16N2O4/c1-3-11-12(9(2)21-17-11)14(18)16-13(15(19)20)10-7-5-4-6-8-10/h4-8,13H,3H2,1-2H3,(H,16,18)(H,19,20)/t13-/m0/s1. The van der Waals surface area contributed by atoms with Crippen LogP contribution in [-0.4, -0.2) is 22.1 Å². The molecule has 6 heteroatoms. The number of aromatic nitrogens is 1. The Morgan fingerprint density at radius 3 is 2.57 bits per heavy atom. The topological polar surface area (TPSA) is 92.4 Å². The maximum atomic E-state index is 12.3. The zero-order valence-electron chi connectivity index (χ0n) is 11.8. The van der Waals surface area contributed by atoms with Crippen LogP contribution in [0.3, 0.4) is 0 Å². The molecular formula is C15H16N2O4. The number of carboxylic acids is 1. The summed E-state index contributed by atoms with van der Waals surface area (Å²) in [7, 11) is 0. The minimum absolute atomic E-state index is 0.305. The van der Waals surface area contributed by atoms with Crippen molar-refractivity contribution in [1.29, 1.82) is 0 Å². The molecule has 0 radical (unpaired) electrons. The van der Waals surface area contributed by atoms with Gasteiger partial charge in [-0.2, -0.15) is 0 Å². The molecule has 110 valence electrons. The molecule has 0 spiro atoms. The molecule has 0 unspecified atom stereocenters. The quantitative estimate of drug-likeness (QED) is 0.879. The predicted octanol–water partition coefficient (Wildman–Crippen LogP) is 2.10. The number of carboxylic acid groups (broad SMARTS) is 1. The summed E-state index contributed by atoms with van der Waals surface area (Å²) < 4.78 is 5.00. The molecule has 0 aliphatic rings. The molecule has 2 rings (SSSR count). The fourth-order valence-electron chi connectivity index (χ4n) is 2.09. The minimum Gasteiger partial charge on any atom is -0.479 e. The number of benzene rings is 1. The van der Waals surface area contributed by atoms with Gasteiger partial charge in [-0.05, 0) is 18.9 Å². The number of carbonyl (C=O) groups is 2. The zero-order chi connectivity index (χ0) is 15.4. The summed E-state index contributed by atoms with van der Waals surface area (Å²) >= 11 is 0. The average molecular weight is 288 g/mol. The lowest BCUT2D eigenvalue weighted by Crippen LogP contribution is -2.34. The van der Waals surface area contributed by atoms with Crippen LogP contribution in [0.2, 0.25) is 0 Å². The van der Waals surface area contributed by atoms with E-state index in [0.717, 1.165) is 0 Å². The Labute approximate surface area is 121 Å². The second-order valence-electron chi connectivity index (χ2n) is 4.57. The van der Waals surface area contributed by atoms with E-state index in [4.69, 9.17) is 4.52 Å². The van der Waals surface area contributed by atoms with Gasteiger partial charge in [-0.1, -0.05) is 42.4 Å². The molecule has 1 aromatic carbocycles. The van der Waals surface area contributed by atoms with Crippen molar-refractivity contribution in [3.8, 4) is 0 Å². The van der Waals surface area contributed by atoms with E-state index in [1.54, 1.807) is 37.3 Å². The zero-order valence-corrected chi connectivity index (χ0v) is 11.8. The monoisotopic (exact) mass is 288 g/mol. The highest BCUT2D eigenvalue weighted by molar-refractivity contribution is 5.98. The minimum atomic E-state index is -1.12. The van der Waals surface area contributed by atoms with Gasteiger partial charge in [0.25, 0.3) is 5.91 Å². The van der Waals surface area contributed by atoms with Gasteiger partial charge in [-0.3, -0.25) is 4.79 Å². The summed E-state index contributed by atoms with van der Waals surface area (Å²) in [5.74, 6) is -1.25. The molecule has 1 amide bonds. The molecule has 0 bridgehead atoms. The van der Waals surface area contributed by atoms with Crippen molar-refractivity contribution in [1.82, 2.24) is 10.5 Å². The molecule has 6 nitrogen and oxygen atoms in total. The van der Waals surface area contributed by atoms with Crippen molar-refractivity contribution in [3.05, 3.63) is 52.9 Å². The van der Waals surface area contributed by atoms with Crippen molar-refractivity contribution in [2.24, 2.45) is 0 Å². The van der Waals surface area contributed by atoms with Gasteiger partial charge in [0.1, 0.15) is 11.3 Å². The number of carbonyl (C=O) groups excluding carboxylic acids is 1. The van der Waals surface area contributed by atoms with E-state index in [-0.39, 0.29) is 0 Å². The molecule has 1 aromatic heterocycles. The smallest absolute Gasteiger partial charge is 0.330 e. The Morgan fingerprint density at radius 2 is 2.00 bits per heavy atom. The van der Waals surface area contributed by atoms with E-state index < -0.39 is 17.9 Å². The summed E-state index contributed by atoms with van der Waals surface area (Å²) in [6.07, 6.45) is 0.531. The maximum Gasteiger partial charge on any atom is 0.330 e. The van der Waals surface area contributed by atoms with Crippen LogP contribution in [0, 0.1) is 6.92 Å². The molecule has 0 aliphatic heterocycles. The first-order chi connectivity index (χ1) is 10.0. The molecule has 0 saturated heterocycles. The Hall–Kier alpha value is -2.63. The highest BCUT2D eigenvalue weighted by Gasteiger charge is 2.26. The van der Waals surface area contributed by atoms with E-state index in [1.165, 1.54) is 0 Å². The number of hydrogen-bond donors (Lipinski definition) is 2. The van der Waals surface area contributed by atoms with Crippen LogP contribution in [0.25, 0.3) is 0 Å². The van der Waals surface area contributed by atoms with E-state index >= 15 is 0 Å². The molecule has 21 heavy (non-hydrogen) atoms.